The van der Waals surface area contributed by atoms with Crippen molar-refractivity contribution in [1.29, 1.82) is 0 Å². The van der Waals surface area contributed by atoms with Gasteiger partial charge in [-0.1, -0.05) is 25.7 Å². The van der Waals surface area contributed by atoms with Crippen LogP contribution in [-0.2, 0) is 9.59 Å². The average molecular weight is 249 g/mol. The van der Waals surface area contributed by atoms with Gasteiger partial charge < -0.3 is 0 Å². The summed E-state index contributed by atoms with van der Waals surface area (Å²) in [5.41, 5.74) is 0. The van der Waals surface area contributed by atoms with Crippen LogP contribution in [-0.4, -0.2) is 23.8 Å². The number of rotatable bonds is 0. The van der Waals surface area contributed by atoms with Crippen LogP contribution in [0.25, 0.3) is 0 Å². The van der Waals surface area contributed by atoms with E-state index in [1.807, 2.05) is 0 Å². The molecule has 0 aromatic rings. The van der Waals surface area contributed by atoms with Gasteiger partial charge in [-0.15, -0.1) is 0 Å². The molecule has 0 aromatic heterocycles. The molecular weight excluding hydrogens is 226 g/mol. The summed E-state index contributed by atoms with van der Waals surface area (Å²) in [5.74, 6) is 1.48. The molecule has 1 saturated heterocycles. The third-order valence-corrected chi connectivity index (χ3v) is 5.48. The maximum atomic E-state index is 12.4. The van der Waals surface area contributed by atoms with Gasteiger partial charge in [0.05, 0.1) is 0 Å². The lowest BCUT2D eigenvalue weighted by molar-refractivity contribution is -0.147. The number of carbonyl (C=O) groups excluding carboxylic acids is 2. The van der Waals surface area contributed by atoms with E-state index in [1.54, 1.807) is 7.05 Å². The first-order chi connectivity index (χ1) is 8.70. The zero-order valence-electron chi connectivity index (χ0n) is 11.2. The summed E-state index contributed by atoms with van der Waals surface area (Å²) in [7, 11) is 1.70. The molecule has 4 unspecified atom stereocenters. The lowest BCUT2D eigenvalue weighted by atomic mass is 9.65. The normalized spacial score (nSPS) is 41.1. The van der Waals surface area contributed by atoms with E-state index in [4.69, 9.17) is 0 Å². The van der Waals surface area contributed by atoms with Gasteiger partial charge in [-0.25, -0.2) is 0 Å². The number of amides is 2. The first kappa shape index (κ1) is 12.2. The Balaban J connectivity index is 1.96. The number of nitrogens with zero attached hydrogens (tertiary/aromatic N) is 1. The summed E-state index contributed by atoms with van der Waals surface area (Å²) in [6, 6.07) is 0. The molecule has 3 heteroatoms. The summed E-state index contributed by atoms with van der Waals surface area (Å²) in [5, 5.41) is 0. The largest absolute Gasteiger partial charge is 0.285 e. The zero-order valence-corrected chi connectivity index (χ0v) is 11.2. The highest BCUT2D eigenvalue weighted by atomic mass is 16.2. The standard InChI is InChI=1S/C15H23NO2/c1-16-14(17)12-8-4-2-6-10(12)11-7-3-5-9-13(11)15(16)18/h10-13H,2-9H2,1H3. The van der Waals surface area contributed by atoms with Crippen LogP contribution in [0.2, 0.25) is 0 Å². The molecule has 2 amide bonds. The fraction of sp³-hybridized carbons (Fsp3) is 0.867. The first-order valence-electron chi connectivity index (χ1n) is 7.51. The minimum absolute atomic E-state index is 0.110. The molecule has 1 aliphatic heterocycles. The smallest absolute Gasteiger partial charge is 0.232 e. The maximum Gasteiger partial charge on any atom is 0.232 e. The van der Waals surface area contributed by atoms with Crippen LogP contribution in [0.1, 0.15) is 51.4 Å². The molecule has 3 nitrogen and oxygen atoms in total. The van der Waals surface area contributed by atoms with Gasteiger partial charge in [0, 0.05) is 18.9 Å². The van der Waals surface area contributed by atoms with Crippen molar-refractivity contribution in [1.82, 2.24) is 4.90 Å². The Morgan fingerprint density at radius 1 is 0.778 bits per heavy atom. The van der Waals surface area contributed by atoms with Crippen molar-refractivity contribution in [2.24, 2.45) is 23.7 Å². The van der Waals surface area contributed by atoms with E-state index in [1.165, 1.54) is 30.6 Å². The van der Waals surface area contributed by atoms with Crippen molar-refractivity contribution < 1.29 is 9.59 Å². The van der Waals surface area contributed by atoms with Gasteiger partial charge in [0.25, 0.3) is 0 Å². The molecule has 3 fully saturated rings. The molecule has 2 aliphatic carbocycles. The molecule has 0 aromatic carbocycles. The summed E-state index contributed by atoms with van der Waals surface area (Å²) >= 11 is 0. The number of carbonyl (C=O) groups is 2. The second-order valence-electron chi connectivity index (χ2n) is 6.35. The second-order valence-corrected chi connectivity index (χ2v) is 6.35. The topological polar surface area (TPSA) is 37.4 Å². The Morgan fingerprint density at radius 3 is 1.61 bits per heavy atom. The van der Waals surface area contributed by atoms with Crippen LogP contribution >= 0.6 is 0 Å². The number of imide groups is 1. The van der Waals surface area contributed by atoms with Crippen LogP contribution in [0.4, 0.5) is 0 Å². The van der Waals surface area contributed by atoms with Gasteiger partial charge in [-0.3, -0.25) is 14.5 Å². The minimum Gasteiger partial charge on any atom is -0.285 e. The third kappa shape index (κ3) is 1.79. The number of hydrogen-bond acceptors (Lipinski definition) is 2. The van der Waals surface area contributed by atoms with Gasteiger partial charge in [0.2, 0.25) is 11.8 Å². The van der Waals surface area contributed by atoms with E-state index in [9.17, 15) is 9.59 Å². The van der Waals surface area contributed by atoms with E-state index >= 15 is 0 Å². The molecule has 0 bridgehead atoms. The van der Waals surface area contributed by atoms with Gasteiger partial charge in [0.15, 0.2) is 0 Å². The van der Waals surface area contributed by atoms with Crippen molar-refractivity contribution in [3.05, 3.63) is 0 Å². The van der Waals surface area contributed by atoms with E-state index in [0.717, 1.165) is 25.7 Å². The molecular formula is C15H23NO2. The molecule has 0 spiro atoms. The molecule has 4 atom stereocenters. The Bertz CT molecular complexity index is 332. The average Bonchev–Trinajstić information content (AvgIpc) is 2.51. The molecule has 0 radical (unpaired) electrons. The predicted octanol–water partition coefficient (Wildman–Crippen LogP) is 2.60. The van der Waals surface area contributed by atoms with Gasteiger partial charge >= 0.3 is 0 Å². The highest BCUT2D eigenvalue weighted by Crippen LogP contribution is 2.47. The Morgan fingerprint density at radius 2 is 1.17 bits per heavy atom. The maximum absolute atomic E-state index is 12.4. The highest BCUT2D eigenvalue weighted by Gasteiger charge is 2.48. The van der Waals surface area contributed by atoms with Gasteiger partial charge in [0.1, 0.15) is 0 Å². The number of likely N-dealkylation sites (tertiary alicyclic amines) is 1. The Labute approximate surface area is 109 Å². The highest BCUT2D eigenvalue weighted by molar-refractivity contribution is 5.98. The molecule has 3 rings (SSSR count). The summed E-state index contributed by atoms with van der Waals surface area (Å²) in [6.45, 7) is 0. The molecule has 1 heterocycles. The lowest BCUT2D eigenvalue weighted by Crippen LogP contribution is -2.39. The van der Waals surface area contributed by atoms with Crippen molar-refractivity contribution >= 4 is 11.8 Å². The van der Waals surface area contributed by atoms with Crippen LogP contribution in [0.5, 0.6) is 0 Å². The van der Waals surface area contributed by atoms with E-state index in [0.29, 0.717) is 11.8 Å². The summed E-state index contributed by atoms with van der Waals surface area (Å²) < 4.78 is 0. The SMILES string of the molecule is CN1C(=O)C2CCCCC2C2CCCCC2C1=O. The summed E-state index contributed by atoms with van der Waals surface area (Å²) in [6.07, 6.45) is 9.15. The van der Waals surface area contributed by atoms with Crippen molar-refractivity contribution in [2.75, 3.05) is 7.05 Å². The first-order valence-corrected chi connectivity index (χ1v) is 7.51. The quantitative estimate of drug-likeness (QED) is 0.619. The molecule has 0 N–H and O–H groups in total. The molecule has 18 heavy (non-hydrogen) atoms. The van der Waals surface area contributed by atoms with Crippen molar-refractivity contribution in [3.63, 3.8) is 0 Å². The number of hydrogen-bond donors (Lipinski definition) is 0. The molecule has 3 aliphatic rings. The van der Waals surface area contributed by atoms with E-state index in [2.05, 4.69) is 0 Å². The van der Waals surface area contributed by atoms with Crippen molar-refractivity contribution in [3.8, 4) is 0 Å². The summed E-state index contributed by atoms with van der Waals surface area (Å²) in [4.78, 5) is 26.3. The third-order valence-electron chi connectivity index (χ3n) is 5.48. The monoisotopic (exact) mass is 249 g/mol. The molecule has 100 valence electrons. The fourth-order valence-corrected chi connectivity index (χ4v) is 4.56. The van der Waals surface area contributed by atoms with Crippen molar-refractivity contribution in [2.45, 2.75) is 51.4 Å². The van der Waals surface area contributed by atoms with E-state index < -0.39 is 0 Å². The van der Waals surface area contributed by atoms with E-state index in [-0.39, 0.29) is 23.7 Å². The Kier molecular flexibility index (Phi) is 3.16. The predicted molar refractivity (Wildman–Crippen MR) is 68.7 cm³/mol. The minimum atomic E-state index is 0.110. The number of fused-ring (bicyclic) bond motifs is 3. The second kappa shape index (κ2) is 4.67. The fourth-order valence-electron chi connectivity index (χ4n) is 4.56. The van der Waals surface area contributed by atoms with Crippen LogP contribution in [0.15, 0.2) is 0 Å². The van der Waals surface area contributed by atoms with Crippen LogP contribution < -0.4 is 0 Å². The van der Waals surface area contributed by atoms with Gasteiger partial charge in [-0.05, 0) is 37.5 Å². The van der Waals surface area contributed by atoms with Crippen LogP contribution in [0, 0.1) is 23.7 Å². The molecule has 2 saturated carbocycles. The zero-order chi connectivity index (χ0) is 12.7. The Hall–Kier alpha value is -0.860. The lowest BCUT2D eigenvalue weighted by Gasteiger charge is -2.38. The van der Waals surface area contributed by atoms with Crippen LogP contribution in [0.3, 0.4) is 0 Å². The van der Waals surface area contributed by atoms with Gasteiger partial charge in [-0.2, -0.15) is 0 Å².